The Bertz CT molecular complexity index is 737. The third-order valence-electron chi connectivity index (χ3n) is 3.47. The number of fused-ring (bicyclic) bond motifs is 1. The van der Waals surface area contributed by atoms with Crippen LogP contribution >= 0.6 is 0 Å². The van der Waals surface area contributed by atoms with Crippen molar-refractivity contribution < 1.29 is 19.1 Å². The molecule has 0 aromatic heterocycles. The molecule has 4 nitrogen and oxygen atoms in total. The van der Waals surface area contributed by atoms with Gasteiger partial charge >= 0.3 is 11.9 Å². The lowest BCUT2D eigenvalue weighted by molar-refractivity contribution is -0.142. The van der Waals surface area contributed by atoms with Crippen LogP contribution in [0.2, 0.25) is 0 Å². The zero-order chi connectivity index (χ0) is 17.4. The number of carbonyl (C=O) groups excluding carboxylic acids is 2. The van der Waals surface area contributed by atoms with Crippen LogP contribution in [-0.4, -0.2) is 18.5 Å². The highest BCUT2D eigenvalue weighted by atomic mass is 16.5. The summed E-state index contributed by atoms with van der Waals surface area (Å²) in [4.78, 5) is 23.5. The SMILES string of the molecule is CC(C)=CCOC(=O)CCCC(=O)Oc1cccc2ccccc12. The van der Waals surface area contributed by atoms with Crippen LogP contribution in [0.3, 0.4) is 0 Å². The van der Waals surface area contributed by atoms with E-state index in [-0.39, 0.29) is 31.4 Å². The normalized spacial score (nSPS) is 10.2. The summed E-state index contributed by atoms with van der Waals surface area (Å²) < 4.78 is 10.5. The fraction of sp³-hybridized carbons (Fsp3) is 0.300. The second-order valence-electron chi connectivity index (χ2n) is 5.77. The van der Waals surface area contributed by atoms with Crippen LogP contribution in [0.5, 0.6) is 5.75 Å². The molecule has 0 radical (unpaired) electrons. The van der Waals surface area contributed by atoms with E-state index in [0.29, 0.717) is 12.2 Å². The average Bonchev–Trinajstić information content (AvgIpc) is 2.55. The molecule has 2 rings (SSSR count). The first kappa shape index (κ1) is 17.7. The molecule has 0 amide bonds. The number of esters is 2. The topological polar surface area (TPSA) is 52.6 Å². The van der Waals surface area contributed by atoms with Crippen molar-refractivity contribution >= 4 is 22.7 Å². The largest absolute Gasteiger partial charge is 0.461 e. The third kappa shape index (κ3) is 5.54. The van der Waals surface area contributed by atoms with Gasteiger partial charge in [0.05, 0.1) is 0 Å². The predicted molar refractivity (Wildman–Crippen MR) is 93.8 cm³/mol. The molecule has 24 heavy (non-hydrogen) atoms. The molecule has 126 valence electrons. The Morgan fingerprint density at radius 3 is 2.46 bits per heavy atom. The average molecular weight is 326 g/mol. The molecule has 0 spiro atoms. The summed E-state index contributed by atoms with van der Waals surface area (Å²) in [5.41, 5.74) is 1.10. The second-order valence-corrected chi connectivity index (χ2v) is 5.77. The minimum Gasteiger partial charge on any atom is -0.461 e. The van der Waals surface area contributed by atoms with Crippen molar-refractivity contribution in [2.75, 3.05) is 6.61 Å². The van der Waals surface area contributed by atoms with Crippen molar-refractivity contribution in [3.63, 3.8) is 0 Å². The Labute approximate surface area is 142 Å². The third-order valence-corrected chi connectivity index (χ3v) is 3.47. The summed E-state index contributed by atoms with van der Waals surface area (Å²) in [5, 5.41) is 1.92. The van der Waals surface area contributed by atoms with E-state index < -0.39 is 0 Å². The molecule has 4 heteroatoms. The van der Waals surface area contributed by atoms with Crippen molar-refractivity contribution in [2.45, 2.75) is 33.1 Å². The molecule has 0 atom stereocenters. The minimum atomic E-state index is -0.344. The number of hydrogen-bond acceptors (Lipinski definition) is 4. The smallest absolute Gasteiger partial charge is 0.311 e. The highest BCUT2D eigenvalue weighted by Crippen LogP contribution is 2.25. The first-order valence-corrected chi connectivity index (χ1v) is 8.03. The van der Waals surface area contributed by atoms with Gasteiger partial charge in [-0.1, -0.05) is 42.0 Å². The van der Waals surface area contributed by atoms with E-state index >= 15 is 0 Å². The lowest BCUT2D eigenvalue weighted by Gasteiger charge is -2.07. The van der Waals surface area contributed by atoms with Crippen LogP contribution < -0.4 is 4.74 Å². The monoisotopic (exact) mass is 326 g/mol. The van der Waals surface area contributed by atoms with E-state index in [1.54, 1.807) is 6.07 Å². The van der Waals surface area contributed by atoms with Crippen LogP contribution in [-0.2, 0) is 14.3 Å². The summed E-state index contributed by atoms with van der Waals surface area (Å²) in [6, 6.07) is 13.3. The number of rotatable bonds is 7. The molecule has 0 aliphatic heterocycles. The molecule has 0 aliphatic rings. The molecule has 2 aromatic rings. The van der Waals surface area contributed by atoms with Crippen molar-refractivity contribution in [3.8, 4) is 5.75 Å². The maximum atomic E-state index is 12.0. The van der Waals surface area contributed by atoms with Crippen molar-refractivity contribution in [1.29, 1.82) is 0 Å². The van der Waals surface area contributed by atoms with Gasteiger partial charge in [-0.15, -0.1) is 0 Å². The number of ether oxygens (including phenoxy) is 2. The van der Waals surface area contributed by atoms with E-state index in [1.165, 1.54) is 0 Å². The van der Waals surface area contributed by atoms with Gasteiger partial charge in [0.2, 0.25) is 0 Å². The van der Waals surface area contributed by atoms with E-state index in [0.717, 1.165) is 16.3 Å². The zero-order valence-corrected chi connectivity index (χ0v) is 14.1. The Morgan fingerprint density at radius 2 is 1.67 bits per heavy atom. The minimum absolute atomic E-state index is 0.182. The molecule has 0 saturated carbocycles. The van der Waals surface area contributed by atoms with Gasteiger partial charge < -0.3 is 9.47 Å². The summed E-state index contributed by atoms with van der Waals surface area (Å²) >= 11 is 0. The van der Waals surface area contributed by atoms with Gasteiger partial charge in [0.15, 0.2) is 0 Å². The summed E-state index contributed by atoms with van der Waals surface area (Å²) in [6.07, 6.45) is 2.64. The first-order chi connectivity index (χ1) is 11.6. The Balaban J connectivity index is 1.79. The van der Waals surface area contributed by atoms with Gasteiger partial charge in [-0.2, -0.15) is 0 Å². The second kappa shape index (κ2) is 8.87. The molecule has 2 aromatic carbocycles. The highest BCUT2D eigenvalue weighted by molar-refractivity contribution is 5.90. The van der Waals surface area contributed by atoms with Gasteiger partial charge in [-0.05, 0) is 37.8 Å². The zero-order valence-electron chi connectivity index (χ0n) is 14.1. The number of hydrogen-bond donors (Lipinski definition) is 0. The Hall–Kier alpha value is -2.62. The highest BCUT2D eigenvalue weighted by Gasteiger charge is 2.10. The number of benzene rings is 2. The molecule has 0 unspecified atom stereocenters. The molecular weight excluding hydrogens is 304 g/mol. The van der Waals surface area contributed by atoms with Crippen LogP contribution in [0.4, 0.5) is 0 Å². The molecule has 0 bridgehead atoms. The van der Waals surface area contributed by atoms with Gasteiger partial charge in [0, 0.05) is 18.2 Å². The van der Waals surface area contributed by atoms with Gasteiger partial charge in [-0.3, -0.25) is 9.59 Å². The molecule has 0 fully saturated rings. The van der Waals surface area contributed by atoms with E-state index in [2.05, 4.69) is 0 Å². The van der Waals surface area contributed by atoms with Gasteiger partial charge in [0.1, 0.15) is 12.4 Å². The summed E-state index contributed by atoms with van der Waals surface area (Å²) in [6.45, 7) is 4.16. The Kier molecular flexibility index (Phi) is 6.55. The van der Waals surface area contributed by atoms with Crippen LogP contribution in [0.25, 0.3) is 10.8 Å². The standard InChI is InChI=1S/C20H22O4/c1-15(2)13-14-23-19(21)11-6-12-20(22)24-18-10-5-8-16-7-3-4-9-17(16)18/h3-5,7-10,13H,6,11-12,14H2,1-2H3. The van der Waals surface area contributed by atoms with E-state index in [4.69, 9.17) is 9.47 Å². The van der Waals surface area contributed by atoms with E-state index in [9.17, 15) is 9.59 Å². The van der Waals surface area contributed by atoms with Crippen LogP contribution in [0.1, 0.15) is 33.1 Å². The molecule has 0 saturated heterocycles. The van der Waals surface area contributed by atoms with Crippen LogP contribution in [0, 0.1) is 0 Å². The number of allylic oxidation sites excluding steroid dienone is 1. The fourth-order valence-corrected chi connectivity index (χ4v) is 2.21. The lowest BCUT2D eigenvalue weighted by Crippen LogP contribution is -2.10. The maximum absolute atomic E-state index is 12.0. The Morgan fingerprint density at radius 1 is 0.958 bits per heavy atom. The fourth-order valence-electron chi connectivity index (χ4n) is 2.21. The summed E-state index contributed by atoms with van der Waals surface area (Å²) in [7, 11) is 0. The summed E-state index contributed by atoms with van der Waals surface area (Å²) in [5.74, 6) is -0.0989. The predicted octanol–water partition coefficient (Wildman–Crippen LogP) is 4.42. The quantitative estimate of drug-likeness (QED) is 0.429. The molecule has 0 aliphatic carbocycles. The first-order valence-electron chi connectivity index (χ1n) is 8.03. The van der Waals surface area contributed by atoms with Crippen molar-refractivity contribution in [3.05, 3.63) is 54.1 Å². The molecular formula is C20H22O4. The van der Waals surface area contributed by atoms with Crippen molar-refractivity contribution in [1.82, 2.24) is 0 Å². The maximum Gasteiger partial charge on any atom is 0.311 e. The molecule has 0 N–H and O–H groups in total. The van der Waals surface area contributed by atoms with E-state index in [1.807, 2.05) is 56.3 Å². The lowest BCUT2D eigenvalue weighted by atomic mass is 10.1. The van der Waals surface area contributed by atoms with Gasteiger partial charge in [0.25, 0.3) is 0 Å². The number of carbonyl (C=O) groups is 2. The van der Waals surface area contributed by atoms with Gasteiger partial charge in [-0.25, -0.2) is 0 Å². The molecule has 0 heterocycles. The van der Waals surface area contributed by atoms with Crippen LogP contribution in [0.15, 0.2) is 54.1 Å². The van der Waals surface area contributed by atoms with Crippen molar-refractivity contribution in [2.24, 2.45) is 0 Å².